The van der Waals surface area contributed by atoms with Crippen LogP contribution in [0.5, 0.6) is 0 Å². The van der Waals surface area contributed by atoms with E-state index in [-0.39, 0.29) is 18.4 Å². The highest BCUT2D eigenvalue weighted by molar-refractivity contribution is 5.83. The number of morpholine rings is 1. The summed E-state index contributed by atoms with van der Waals surface area (Å²) >= 11 is 0. The molecule has 1 aromatic rings. The third-order valence-electron chi connectivity index (χ3n) is 4.62. The maximum atomic E-state index is 12.2. The van der Waals surface area contributed by atoms with Crippen molar-refractivity contribution >= 4 is 17.8 Å². The molecule has 2 saturated heterocycles. The summed E-state index contributed by atoms with van der Waals surface area (Å²) in [6.07, 6.45) is 3.48. The molecule has 9 nitrogen and oxygen atoms in total. The Balaban J connectivity index is 1.64. The van der Waals surface area contributed by atoms with E-state index in [1.54, 1.807) is 11.2 Å². The van der Waals surface area contributed by atoms with E-state index in [0.717, 1.165) is 37.4 Å². The molecule has 3 heterocycles. The quantitative estimate of drug-likeness (QED) is 0.771. The molecule has 0 saturated carbocycles. The molecule has 2 aliphatic rings. The predicted molar refractivity (Wildman–Crippen MR) is 91.2 cm³/mol. The molecule has 2 aliphatic heterocycles. The smallest absolute Gasteiger partial charge is 0.312 e. The number of nitrogens with zero attached hydrogens (tertiary/aromatic N) is 4. The molecular formula is C16H24N6O3. The summed E-state index contributed by atoms with van der Waals surface area (Å²) in [4.78, 5) is 35.7. The first-order valence-corrected chi connectivity index (χ1v) is 8.59. The number of likely N-dealkylation sites (tertiary alicyclic amines) is 1. The van der Waals surface area contributed by atoms with Crippen LogP contribution in [0.1, 0.15) is 24.5 Å². The predicted octanol–water partition coefficient (Wildman–Crippen LogP) is -0.312. The van der Waals surface area contributed by atoms with Gasteiger partial charge in [-0.3, -0.25) is 4.79 Å². The first-order chi connectivity index (χ1) is 12.1. The van der Waals surface area contributed by atoms with Gasteiger partial charge in [-0.15, -0.1) is 0 Å². The minimum absolute atomic E-state index is 0.0646. The zero-order valence-electron chi connectivity index (χ0n) is 14.2. The fourth-order valence-electron chi connectivity index (χ4n) is 3.27. The largest absolute Gasteiger partial charge is 0.378 e. The number of hydrogen-bond acceptors (Lipinski definition) is 6. The molecule has 25 heavy (non-hydrogen) atoms. The number of nitrogens with one attached hydrogen (secondary N) is 1. The van der Waals surface area contributed by atoms with Crippen molar-refractivity contribution in [2.75, 3.05) is 50.8 Å². The zero-order valence-corrected chi connectivity index (χ0v) is 14.2. The second-order valence-corrected chi connectivity index (χ2v) is 6.30. The Morgan fingerprint density at radius 2 is 2.08 bits per heavy atom. The van der Waals surface area contributed by atoms with E-state index in [9.17, 15) is 9.59 Å². The van der Waals surface area contributed by atoms with Gasteiger partial charge in [0.2, 0.25) is 5.91 Å². The molecule has 3 N–H and O–H groups in total. The molecule has 136 valence electrons. The Morgan fingerprint density at radius 1 is 1.28 bits per heavy atom. The van der Waals surface area contributed by atoms with E-state index < -0.39 is 6.03 Å². The van der Waals surface area contributed by atoms with Gasteiger partial charge in [-0.05, 0) is 12.8 Å². The fraction of sp³-hybridized carbons (Fsp3) is 0.625. The number of aromatic nitrogens is 2. The Hall–Kier alpha value is -2.42. The van der Waals surface area contributed by atoms with Crippen LogP contribution in [0.25, 0.3) is 0 Å². The van der Waals surface area contributed by atoms with E-state index in [0.29, 0.717) is 26.3 Å². The minimum Gasteiger partial charge on any atom is -0.378 e. The number of primary amides is 1. The highest BCUT2D eigenvalue weighted by Crippen LogP contribution is 2.27. The lowest BCUT2D eigenvalue weighted by atomic mass is 9.94. The van der Waals surface area contributed by atoms with Crippen molar-refractivity contribution in [3.05, 3.63) is 18.1 Å². The monoisotopic (exact) mass is 348 g/mol. The van der Waals surface area contributed by atoms with Crippen molar-refractivity contribution in [2.45, 2.75) is 18.8 Å². The van der Waals surface area contributed by atoms with Crippen molar-refractivity contribution in [1.29, 1.82) is 0 Å². The van der Waals surface area contributed by atoms with Crippen LogP contribution in [0.4, 0.5) is 10.6 Å². The maximum Gasteiger partial charge on any atom is 0.312 e. The van der Waals surface area contributed by atoms with Gasteiger partial charge in [-0.1, -0.05) is 0 Å². The molecule has 1 unspecified atom stereocenters. The number of carbonyl (C=O) groups is 2. The van der Waals surface area contributed by atoms with Gasteiger partial charge in [0.25, 0.3) is 0 Å². The fourth-order valence-corrected chi connectivity index (χ4v) is 3.27. The van der Waals surface area contributed by atoms with Crippen LogP contribution in [0.15, 0.2) is 12.4 Å². The van der Waals surface area contributed by atoms with Gasteiger partial charge in [0, 0.05) is 38.2 Å². The third kappa shape index (κ3) is 4.56. The van der Waals surface area contributed by atoms with Crippen molar-refractivity contribution < 1.29 is 14.3 Å². The summed E-state index contributed by atoms with van der Waals surface area (Å²) in [5.41, 5.74) is 5.98. The molecule has 1 aromatic heterocycles. The number of carbonyl (C=O) groups excluding carboxylic acids is 2. The highest BCUT2D eigenvalue weighted by Gasteiger charge is 2.26. The van der Waals surface area contributed by atoms with Crippen LogP contribution in [0, 0.1) is 0 Å². The molecule has 0 bridgehead atoms. The molecule has 3 amide bonds. The summed E-state index contributed by atoms with van der Waals surface area (Å²) in [5, 5.41) is 2.35. The normalized spacial score (nSPS) is 21.0. The lowest BCUT2D eigenvalue weighted by Crippen LogP contribution is -2.45. The van der Waals surface area contributed by atoms with Crippen LogP contribution in [0.3, 0.4) is 0 Å². The molecule has 2 fully saturated rings. The molecule has 9 heteroatoms. The lowest BCUT2D eigenvalue weighted by Gasteiger charge is -2.33. The second kappa shape index (κ2) is 8.11. The van der Waals surface area contributed by atoms with E-state index in [1.807, 2.05) is 6.07 Å². The Morgan fingerprint density at radius 3 is 2.84 bits per heavy atom. The Labute approximate surface area is 146 Å². The van der Waals surface area contributed by atoms with E-state index >= 15 is 0 Å². The summed E-state index contributed by atoms with van der Waals surface area (Å²) < 4.78 is 5.38. The number of rotatable bonds is 4. The average Bonchev–Trinajstić information content (AvgIpc) is 2.67. The van der Waals surface area contributed by atoms with Gasteiger partial charge in [-0.25, -0.2) is 14.8 Å². The summed E-state index contributed by atoms with van der Waals surface area (Å²) in [5.74, 6) is 0.965. The molecule has 3 rings (SSSR count). The van der Waals surface area contributed by atoms with Crippen LogP contribution in [-0.2, 0) is 9.53 Å². The van der Waals surface area contributed by atoms with Crippen molar-refractivity contribution in [3.8, 4) is 0 Å². The lowest BCUT2D eigenvalue weighted by molar-refractivity contribution is -0.131. The third-order valence-corrected chi connectivity index (χ3v) is 4.62. The highest BCUT2D eigenvalue weighted by atomic mass is 16.5. The van der Waals surface area contributed by atoms with Crippen LogP contribution >= 0.6 is 0 Å². The van der Waals surface area contributed by atoms with Crippen molar-refractivity contribution in [3.63, 3.8) is 0 Å². The van der Waals surface area contributed by atoms with Crippen LogP contribution in [-0.4, -0.2) is 72.7 Å². The van der Waals surface area contributed by atoms with Crippen LogP contribution in [0.2, 0.25) is 0 Å². The number of piperidine rings is 1. The SMILES string of the molecule is NC(=O)NCC(=O)N1CCCC(c2cc(N3CCOCC3)ncn2)C1. The summed E-state index contributed by atoms with van der Waals surface area (Å²) in [6, 6.07) is 1.33. The van der Waals surface area contributed by atoms with E-state index in [1.165, 1.54) is 0 Å². The zero-order chi connectivity index (χ0) is 17.6. The number of nitrogens with two attached hydrogens (primary N) is 1. The number of amides is 3. The van der Waals surface area contributed by atoms with Crippen LogP contribution < -0.4 is 16.0 Å². The molecule has 1 atom stereocenters. The van der Waals surface area contributed by atoms with Crippen molar-refractivity contribution in [2.24, 2.45) is 5.73 Å². The standard InChI is InChI=1S/C16H24N6O3/c17-16(24)18-9-15(23)22-3-1-2-12(10-22)13-8-14(20-11-19-13)21-4-6-25-7-5-21/h8,11-12H,1-7,9-10H2,(H3,17,18,24). The van der Waals surface area contributed by atoms with E-state index in [4.69, 9.17) is 10.5 Å². The first-order valence-electron chi connectivity index (χ1n) is 8.59. The van der Waals surface area contributed by atoms with Gasteiger partial charge in [0.05, 0.1) is 25.5 Å². The molecule has 0 aliphatic carbocycles. The number of anilines is 1. The summed E-state index contributed by atoms with van der Waals surface area (Å²) in [6.45, 7) is 4.28. The van der Waals surface area contributed by atoms with Gasteiger partial charge in [-0.2, -0.15) is 0 Å². The van der Waals surface area contributed by atoms with Gasteiger partial charge >= 0.3 is 6.03 Å². The van der Waals surface area contributed by atoms with Gasteiger partial charge in [0.15, 0.2) is 0 Å². The van der Waals surface area contributed by atoms with Crippen molar-refractivity contribution in [1.82, 2.24) is 20.2 Å². The number of urea groups is 1. The minimum atomic E-state index is -0.687. The Kier molecular flexibility index (Phi) is 5.64. The molecule has 0 spiro atoms. The number of ether oxygens (including phenoxy) is 1. The maximum absolute atomic E-state index is 12.2. The molecule has 0 radical (unpaired) electrons. The molecular weight excluding hydrogens is 324 g/mol. The molecule has 0 aromatic carbocycles. The second-order valence-electron chi connectivity index (χ2n) is 6.30. The van der Waals surface area contributed by atoms with Gasteiger partial charge in [0.1, 0.15) is 12.1 Å². The summed E-state index contributed by atoms with van der Waals surface area (Å²) in [7, 11) is 0. The van der Waals surface area contributed by atoms with E-state index in [2.05, 4.69) is 20.2 Å². The first kappa shape index (κ1) is 17.4. The Bertz CT molecular complexity index is 620. The number of hydrogen-bond donors (Lipinski definition) is 2. The average molecular weight is 348 g/mol. The topological polar surface area (TPSA) is 114 Å². The van der Waals surface area contributed by atoms with Gasteiger partial charge < -0.3 is 25.6 Å².